The molecule has 76 valence electrons. The zero-order valence-electron chi connectivity index (χ0n) is 8.62. The van der Waals surface area contributed by atoms with E-state index >= 15 is 0 Å². The molecule has 0 fully saturated rings. The molecule has 0 aliphatic rings. The first-order valence-electron chi connectivity index (χ1n) is 4.88. The van der Waals surface area contributed by atoms with E-state index in [1.54, 1.807) is 6.92 Å². The summed E-state index contributed by atoms with van der Waals surface area (Å²) in [6.07, 6.45) is 1.44. The highest BCUT2D eigenvalue weighted by molar-refractivity contribution is 5.78. The first-order valence-corrected chi connectivity index (χ1v) is 4.88. The van der Waals surface area contributed by atoms with Gasteiger partial charge in [0.25, 0.3) is 0 Å². The van der Waals surface area contributed by atoms with Crippen molar-refractivity contribution in [3.63, 3.8) is 0 Å². The molecule has 0 amide bonds. The van der Waals surface area contributed by atoms with Crippen LogP contribution in [-0.4, -0.2) is 5.97 Å². The summed E-state index contributed by atoms with van der Waals surface area (Å²) in [7, 11) is 0. The van der Waals surface area contributed by atoms with Gasteiger partial charge >= 0.3 is 0 Å². The predicted molar refractivity (Wildman–Crippen MR) is 53.7 cm³/mol. The smallest absolute Gasteiger partial charge is 0.0517 e. The highest BCUT2D eigenvalue weighted by Gasteiger charge is 2.26. The van der Waals surface area contributed by atoms with Crippen LogP contribution < -0.4 is 5.11 Å². The zero-order chi connectivity index (χ0) is 10.6. The molecule has 0 saturated heterocycles. The van der Waals surface area contributed by atoms with Gasteiger partial charge in [-0.2, -0.15) is 0 Å². The number of carboxylic acid groups (broad SMARTS) is 1. The second-order valence-electron chi connectivity index (χ2n) is 3.74. The third-order valence-electron chi connectivity index (χ3n) is 2.61. The summed E-state index contributed by atoms with van der Waals surface area (Å²) >= 11 is 0. The molecule has 0 aromatic heterocycles. The summed E-state index contributed by atoms with van der Waals surface area (Å²) in [6, 6.07) is 9.26. The molecule has 0 aliphatic carbocycles. The lowest BCUT2D eigenvalue weighted by Gasteiger charge is -2.30. The largest absolute Gasteiger partial charge is 0.549 e. The topological polar surface area (TPSA) is 40.1 Å². The van der Waals surface area contributed by atoms with E-state index in [0.29, 0.717) is 6.42 Å². The van der Waals surface area contributed by atoms with Crippen molar-refractivity contribution in [1.29, 1.82) is 0 Å². The lowest BCUT2D eigenvalue weighted by atomic mass is 9.79. The van der Waals surface area contributed by atoms with Gasteiger partial charge in [-0.3, -0.25) is 0 Å². The Morgan fingerprint density at radius 2 is 1.93 bits per heavy atom. The van der Waals surface area contributed by atoms with E-state index in [4.69, 9.17) is 0 Å². The van der Waals surface area contributed by atoms with Crippen molar-refractivity contribution in [2.75, 3.05) is 0 Å². The first kappa shape index (κ1) is 10.8. The number of aliphatic carboxylic acids is 1. The fourth-order valence-electron chi connectivity index (χ4n) is 1.67. The molecule has 1 unspecified atom stereocenters. The first-order chi connectivity index (χ1) is 6.61. The van der Waals surface area contributed by atoms with Gasteiger partial charge in [-0.15, -0.1) is 0 Å². The van der Waals surface area contributed by atoms with E-state index in [1.165, 1.54) is 0 Å². The van der Waals surface area contributed by atoms with Crippen LogP contribution in [0.3, 0.4) is 0 Å². The fraction of sp³-hybridized carbons (Fsp3) is 0.417. The van der Waals surface area contributed by atoms with E-state index in [9.17, 15) is 9.90 Å². The lowest BCUT2D eigenvalue weighted by molar-refractivity contribution is -0.313. The summed E-state index contributed by atoms with van der Waals surface area (Å²) in [6.45, 7) is 3.70. The second-order valence-corrected chi connectivity index (χ2v) is 3.74. The van der Waals surface area contributed by atoms with Gasteiger partial charge in [-0.05, 0) is 12.0 Å². The van der Waals surface area contributed by atoms with Gasteiger partial charge in [-0.25, -0.2) is 0 Å². The molecule has 0 aliphatic heterocycles. The molecule has 0 heterocycles. The zero-order valence-corrected chi connectivity index (χ0v) is 8.62. The molecule has 1 aromatic carbocycles. The molecule has 0 bridgehead atoms. The van der Waals surface area contributed by atoms with Crippen LogP contribution in [0.1, 0.15) is 32.3 Å². The number of hydrogen-bond acceptors (Lipinski definition) is 2. The van der Waals surface area contributed by atoms with Crippen LogP contribution in [0.4, 0.5) is 0 Å². The highest BCUT2D eigenvalue weighted by atomic mass is 16.4. The summed E-state index contributed by atoms with van der Waals surface area (Å²) in [5.74, 6) is -0.995. The van der Waals surface area contributed by atoms with Crippen molar-refractivity contribution < 1.29 is 9.90 Å². The molecule has 0 spiro atoms. The van der Waals surface area contributed by atoms with Crippen LogP contribution in [0.25, 0.3) is 0 Å². The van der Waals surface area contributed by atoms with Gasteiger partial charge in [-0.1, -0.05) is 50.6 Å². The molecule has 1 aromatic rings. The maximum absolute atomic E-state index is 11.1. The van der Waals surface area contributed by atoms with Crippen molar-refractivity contribution in [2.45, 2.75) is 32.1 Å². The Balaban J connectivity index is 3.06. The van der Waals surface area contributed by atoms with Gasteiger partial charge < -0.3 is 9.90 Å². The SMILES string of the molecule is CCCC(C)(C(=O)[O-])c1ccccc1. The molecule has 1 atom stereocenters. The van der Waals surface area contributed by atoms with Crippen LogP contribution >= 0.6 is 0 Å². The van der Waals surface area contributed by atoms with Crippen molar-refractivity contribution in [3.05, 3.63) is 35.9 Å². The van der Waals surface area contributed by atoms with E-state index in [2.05, 4.69) is 0 Å². The molecule has 0 radical (unpaired) electrons. The Bertz CT molecular complexity index is 305. The van der Waals surface area contributed by atoms with E-state index in [0.717, 1.165) is 12.0 Å². The molecular formula is C12H15O2-. The fourth-order valence-corrected chi connectivity index (χ4v) is 1.67. The normalized spacial score (nSPS) is 14.7. The molecule has 1 rings (SSSR count). The molecular weight excluding hydrogens is 176 g/mol. The Labute approximate surface area is 84.6 Å². The van der Waals surface area contributed by atoms with E-state index in [-0.39, 0.29) is 0 Å². The van der Waals surface area contributed by atoms with E-state index in [1.807, 2.05) is 37.3 Å². The Hall–Kier alpha value is -1.31. The number of carbonyl (C=O) groups is 1. The average Bonchev–Trinajstić information content (AvgIpc) is 2.19. The minimum Gasteiger partial charge on any atom is -0.549 e. The molecule has 14 heavy (non-hydrogen) atoms. The quantitative estimate of drug-likeness (QED) is 0.723. The van der Waals surface area contributed by atoms with Crippen LogP contribution in [0, 0.1) is 0 Å². The van der Waals surface area contributed by atoms with Crippen LogP contribution in [0.5, 0.6) is 0 Å². The van der Waals surface area contributed by atoms with Crippen LogP contribution in [0.15, 0.2) is 30.3 Å². The Morgan fingerprint density at radius 3 is 2.36 bits per heavy atom. The van der Waals surface area contributed by atoms with Gasteiger partial charge in [0.15, 0.2) is 0 Å². The van der Waals surface area contributed by atoms with Crippen molar-refractivity contribution in [1.82, 2.24) is 0 Å². The summed E-state index contributed by atoms with van der Waals surface area (Å²) < 4.78 is 0. The average molecular weight is 191 g/mol. The monoisotopic (exact) mass is 191 g/mol. The molecule has 0 N–H and O–H groups in total. The van der Waals surface area contributed by atoms with Gasteiger partial charge in [0.05, 0.1) is 5.97 Å². The lowest BCUT2D eigenvalue weighted by Crippen LogP contribution is -2.43. The highest BCUT2D eigenvalue weighted by Crippen LogP contribution is 2.28. The number of carboxylic acids is 1. The maximum atomic E-state index is 11.1. The third kappa shape index (κ3) is 1.95. The maximum Gasteiger partial charge on any atom is 0.0517 e. The van der Waals surface area contributed by atoms with Crippen molar-refractivity contribution in [2.24, 2.45) is 0 Å². The number of hydrogen-bond donors (Lipinski definition) is 0. The molecule has 2 nitrogen and oxygen atoms in total. The van der Waals surface area contributed by atoms with Crippen molar-refractivity contribution >= 4 is 5.97 Å². The number of carbonyl (C=O) groups excluding carboxylic acids is 1. The van der Waals surface area contributed by atoms with Crippen LogP contribution in [-0.2, 0) is 10.2 Å². The minimum atomic E-state index is -0.995. The van der Waals surface area contributed by atoms with Crippen molar-refractivity contribution in [3.8, 4) is 0 Å². The summed E-state index contributed by atoms with van der Waals surface area (Å²) in [5, 5.41) is 11.1. The number of benzene rings is 1. The van der Waals surface area contributed by atoms with Gasteiger partial charge in [0, 0.05) is 5.41 Å². The number of rotatable bonds is 4. The van der Waals surface area contributed by atoms with E-state index < -0.39 is 11.4 Å². The third-order valence-corrected chi connectivity index (χ3v) is 2.61. The Kier molecular flexibility index (Phi) is 3.28. The molecule has 2 heteroatoms. The van der Waals surface area contributed by atoms with Gasteiger partial charge in [0.1, 0.15) is 0 Å². The predicted octanol–water partition coefficient (Wildman–Crippen LogP) is 1.49. The van der Waals surface area contributed by atoms with Crippen LogP contribution in [0.2, 0.25) is 0 Å². The standard InChI is InChI=1S/C12H16O2/c1-3-9-12(2,11(13)14)10-7-5-4-6-8-10/h4-8H,3,9H2,1-2H3,(H,13,14)/p-1. The van der Waals surface area contributed by atoms with Gasteiger partial charge in [0.2, 0.25) is 0 Å². The summed E-state index contributed by atoms with van der Waals surface area (Å²) in [5.41, 5.74) is -0.0300. The second kappa shape index (κ2) is 4.27. The Morgan fingerprint density at radius 1 is 1.36 bits per heavy atom. The summed E-state index contributed by atoms with van der Waals surface area (Å²) in [4.78, 5) is 11.1. The molecule has 0 saturated carbocycles. The minimum absolute atomic E-state index is 0.610.